The van der Waals surface area contributed by atoms with Crippen LogP contribution < -0.4 is 9.80 Å². The Morgan fingerprint density at radius 1 is 0.339 bits per heavy atom. The first-order valence-electron chi connectivity index (χ1n) is 21.6. The molecule has 0 saturated carbocycles. The number of furan rings is 2. The lowest BCUT2D eigenvalue weighted by Gasteiger charge is -2.30. The second-order valence-electron chi connectivity index (χ2n) is 17.3. The summed E-state index contributed by atoms with van der Waals surface area (Å²) in [5.41, 5.74) is 20.1. The van der Waals surface area contributed by atoms with Gasteiger partial charge in [-0.2, -0.15) is 0 Å². The van der Waals surface area contributed by atoms with Crippen LogP contribution in [0.4, 0.5) is 34.1 Å². The lowest BCUT2D eigenvalue weighted by molar-refractivity contribution is 0.657. The highest BCUT2D eigenvalue weighted by Crippen LogP contribution is 2.48. The summed E-state index contributed by atoms with van der Waals surface area (Å²) in [4.78, 5) is 4.82. The van der Waals surface area contributed by atoms with Gasteiger partial charge in [0.25, 0.3) is 0 Å². The lowest BCUT2D eigenvalue weighted by atomic mass is 9.96. The summed E-state index contributed by atoms with van der Waals surface area (Å²) in [6.45, 7) is 17.5. The Labute approximate surface area is 362 Å². The second kappa shape index (κ2) is 14.1. The van der Waals surface area contributed by atoms with Crippen molar-refractivity contribution in [1.29, 1.82) is 0 Å². The number of rotatable bonds is 6. The molecule has 0 bridgehead atoms. The maximum atomic E-state index is 6.91. The third kappa shape index (κ3) is 5.74. The molecule has 0 aliphatic heterocycles. The molecule has 0 spiro atoms. The molecule has 0 unspecified atom stereocenters. The minimum atomic E-state index is 0.872. The van der Waals surface area contributed by atoms with Crippen molar-refractivity contribution in [2.45, 2.75) is 55.4 Å². The van der Waals surface area contributed by atoms with Crippen LogP contribution in [-0.2, 0) is 0 Å². The van der Waals surface area contributed by atoms with Crippen LogP contribution in [0.3, 0.4) is 0 Å². The van der Waals surface area contributed by atoms with Crippen molar-refractivity contribution in [3.05, 3.63) is 190 Å². The molecule has 2 aromatic heterocycles. The Bertz CT molecular complexity index is 3360. The van der Waals surface area contributed by atoms with Gasteiger partial charge in [-0.05, 0) is 182 Å². The third-order valence-corrected chi connectivity index (χ3v) is 13.3. The van der Waals surface area contributed by atoms with Crippen LogP contribution in [0, 0.1) is 55.4 Å². The Morgan fingerprint density at radius 3 is 1.10 bits per heavy atom. The molecular formula is C58H48N2O2. The van der Waals surface area contributed by atoms with Gasteiger partial charge in [0.15, 0.2) is 0 Å². The van der Waals surface area contributed by atoms with E-state index in [0.717, 1.165) is 87.9 Å². The molecule has 62 heavy (non-hydrogen) atoms. The molecule has 0 N–H and O–H groups in total. The van der Waals surface area contributed by atoms with Gasteiger partial charge >= 0.3 is 0 Å². The number of benzene rings is 9. The minimum Gasteiger partial charge on any atom is -0.456 e. The van der Waals surface area contributed by atoms with E-state index < -0.39 is 0 Å². The molecule has 11 rings (SSSR count). The van der Waals surface area contributed by atoms with E-state index in [1.165, 1.54) is 56.1 Å². The molecule has 0 aliphatic rings. The van der Waals surface area contributed by atoms with Gasteiger partial charge in [-0.25, -0.2) is 0 Å². The van der Waals surface area contributed by atoms with E-state index in [1.807, 2.05) is 0 Å². The maximum Gasteiger partial charge on any atom is 0.139 e. The van der Waals surface area contributed by atoms with Crippen LogP contribution in [0.1, 0.15) is 44.5 Å². The topological polar surface area (TPSA) is 32.8 Å². The number of hydrogen-bond donors (Lipinski definition) is 0. The fourth-order valence-corrected chi connectivity index (χ4v) is 10.0. The minimum absolute atomic E-state index is 0.872. The van der Waals surface area contributed by atoms with Crippen molar-refractivity contribution in [3.63, 3.8) is 0 Å². The first-order valence-corrected chi connectivity index (χ1v) is 21.6. The van der Waals surface area contributed by atoms with Crippen molar-refractivity contribution in [2.75, 3.05) is 9.80 Å². The quantitative estimate of drug-likeness (QED) is 0.168. The first kappa shape index (κ1) is 37.7. The number of anilines is 6. The Morgan fingerprint density at radius 2 is 0.710 bits per heavy atom. The zero-order valence-electron chi connectivity index (χ0n) is 36.6. The van der Waals surface area contributed by atoms with Crippen LogP contribution in [0.5, 0.6) is 0 Å². The van der Waals surface area contributed by atoms with Crippen LogP contribution in [0.15, 0.2) is 154 Å². The summed E-state index contributed by atoms with van der Waals surface area (Å²) in [5, 5.41) is 8.99. The predicted molar refractivity (Wildman–Crippen MR) is 263 cm³/mol. The number of aryl methyl sites for hydroxylation is 8. The highest BCUT2D eigenvalue weighted by Gasteiger charge is 2.24. The fraction of sp³-hybridized carbons (Fsp3) is 0.138. The van der Waals surface area contributed by atoms with Gasteiger partial charge < -0.3 is 18.6 Å². The van der Waals surface area contributed by atoms with E-state index in [9.17, 15) is 0 Å². The van der Waals surface area contributed by atoms with Gasteiger partial charge in [0.1, 0.15) is 22.3 Å². The monoisotopic (exact) mass is 804 g/mol. The third-order valence-electron chi connectivity index (χ3n) is 13.3. The van der Waals surface area contributed by atoms with Crippen LogP contribution in [0.25, 0.3) is 65.4 Å². The van der Waals surface area contributed by atoms with Crippen molar-refractivity contribution >= 4 is 99.5 Å². The van der Waals surface area contributed by atoms with Crippen LogP contribution in [-0.4, -0.2) is 0 Å². The number of para-hydroxylation sites is 4. The highest BCUT2D eigenvalue weighted by atomic mass is 16.3. The first-order chi connectivity index (χ1) is 30.0. The molecule has 0 radical (unpaired) electrons. The summed E-state index contributed by atoms with van der Waals surface area (Å²) in [6, 6.07) is 53.1. The van der Waals surface area contributed by atoms with Crippen molar-refractivity contribution in [1.82, 2.24) is 0 Å². The van der Waals surface area contributed by atoms with Gasteiger partial charge in [-0.3, -0.25) is 0 Å². The Hall–Kier alpha value is -7.30. The summed E-state index contributed by atoms with van der Waals surface area (Å²) >= 11 is 0. The molecule has 0 fully saturated rings. The normalized spacial score (nSPS) is 11.9. The molecule has 0 saturated heterocycles. The van der Waals surface area contributed by atoms with Crippen molar-refractivity contribution < 1.29 is 8.83 Å². The molecule has 4 nitrogen and oxygen atoms in total. The van der Waals surface area contributed by atoms with E-state index in [2.05, 4.69) is 211 Å². The Kier molecular flexibility index (Phi) is 8.59. The van der Waals surface area contributed by atoms with Crippen molar-refractivity contribution in [3.8, 4) is 0 Å². The van der Waals surface area contributed by atoms with Crippen molar-refractivity contribution in [2.24, 2.45) is 0 Å². The summed E-state index contributed by atoms with van der Waals surface area (Å²) in [6.07, 6.45) is 0. The van der Waals surface area contributed by atoms with Gasteiger partial charge in [0, 0.05) is 44.3 Å². The molecule has 0 aliphatic carbocycles. The standard InChI is InChI=1S/C58H48N2O2/c1-33-15-9-11-21-49(33)59(55-35(3)17-13-18-36(55)4)45-25-23-41-29-47-51(31-43(41)27-45)61-57-39(7)40(8)58-54(53(47)57)48-30-42-24-26-46(28-44(42)32-52(48)62-58)60(50-22-12-10-16-34(50)2)56-37(5)19-14-20-38(56)6/h9-32H,1-8H3. The van der Waals surface area contributed by atoms with Crippen LogP contribution >= 0.6 is 0 Å². The molecule has 0 amide bonds. The molecule has 0 atom stereocenters. The molecule has 302 valence electrons. The summed E-state index contributed by atoms with van der Waals surface area (Å²) in [5.74, 6) is 0. The molecular weight excluding hydrogens is 757 g/mol. The van der Waals surface area contributed by atoms with Gasteiger partial charge in [-0.15, -0.1) is 0 Å². The van der Waals surface area contributed by atoms with E-state index in [1.54, 1.807) is 0 Å². The zero-order valence-corrected chi connectivity index (χ0v) is 36.6. The Balaban J connectivity index is 1.10. The summed E-state index contributed by atoms with van der Waals surface area (Å²) < 4.78 is 13.8. The van der Waals surface area contributed by atoms with E-state index in [4.69, 9.17) is 8.83 Å². The molecule has 2 heterocycles. The van der Waals surface area contributed by atoms with E-state index >= 15 is 0 Å². The van der Waals surface area contributed by atoms with E-state index in [-0.39, 0.29) is 0 Å². The SMILES string of the molecule is Cc1ccccc1N(c1ccc2cc3c(cc2c1)oc1c(C)c(C)c2oc4cc5cc(N(c6ccccc6C)c6c(C)cccc6C)ccc5cc4c2c13)c1c(C)cccc1C. The van der Waals surface area contributed by atoms with Gasteiger partial charge in [0.05, 0.1) is 11.4 Å². The predicted octanol–water partition coefficient (Wildman–Crippen LogP) is 17.2. The average Bonchev–Trinajstić information content (AvgIpc) is 3.82. The highest BCUT2D eigenvalue weighted by molar-refractivity contribution is 6.29. The molecule has 4 heteroatoms. The lowest BCUT2D eigenvalue weighted by Crippen LogP contribution is -2.14. The van der Waals surface area contributed by atoms with Gasteiger partial charge in [-0.1, -0.05) is 84.9 Å². The largest absolute Gasteiger partial charge is 0.456 e. The number of fused-ring (bicyclic) bond motifs is 9. The zero-order chi connectivity index (χ0) is 42.6. The maximum absolute atomic E-state index is 6.91. The number of nitrogens with zero attached hydrogens (tertiary/aromatic N) is 2. The fourth-order valence-electron chi connectivity index (χ4n) is 10.0. The van der Waals surface area contributed by atoms with E-state index in [0.29, 0.717) is 0 Å². The molecule has 11 aromatic rings. The average molecular weight is 805 g/mol. The smallest absolute Gasteiger partial charge is 0.139 e. The molecule has 9 aromatic carbocycles. The van der Waals surface area contributed by atoms with Crippen LogP contribution in [0.2, 0.25) is 0 Å². The van der Waals surface area contributed by atoms with Gasteiger partial charge in [0.2, 0.25) is 0 Å². The second-order valence-corrected chi connectivity index (χ2v) is 17.3. The number of hydrogen-bond acceptors (Lipinski definition) is 4. The summed E-state index contributed by atoms with van der Waals surface area (Å²) in [7, 11) is 0.